The number of halogens is 1. The first-order valence-corrected chi connectivity index (χ1v) is 11.1. The van der Waals surface area contributed by atoms with E-state index in [1.54, 1.807) is 20.6 Å². The summed E-state index contributed by atoms with van der Waals surface area (Å²) in [6, 6.07) is 0.130. The molecule has 0 aromatic carbocycles. The number of carbonyl (C=O) groups excluding carboxylic acids is 1. The van der Waals surface area contributed by atoms with Gasteiger partial charge in [0.15, 0.2) is 0 Å². The Labute approximate surface area is 164 Å². The van der Waals surface area contributed by atoms with Crippen molar-refractivity contribution in [3.8, 4) is 0 Å². The normalized spacial score (nSPS) is 23.1. The van der Waals surface area contributed by atoms with Crippen LogP contribution in [0.15, 0.2) is 0 Å². The van der Waals surface area contributed by atoms with Gasteiger partial charge in [-0.25, -0.2) is 0 Å². The molecule has 0 aromatic heterocycles. The van der Waals surface area contributed by atoms with E-state index in [1.807, 2.05) is 0 Å². The SMILES string of the molecule is CN(C1CCCCC1)S(=O)(=O)N1CCN(C(=O)CNCC2CC2)CC1.Cl. The average Bonchev–Trinajstić information content (AvgIpc) is 3.46. The van der Waals surface area contributed by atoms with E-state index < -0.39 is 10.2 Å². The number of nitrogens with one attached hydrogen (secondary N) is 1. The minimum absolute atomic E-state index is 0. The fourth-order valence-corrected chi connectivity index (χ4v) is 5.38. The molecule has 1 saturated heterocycles. The van der Waals surface area contributed by atoms with Gasteiger partial charge in [-0.2, -0.15) is 17.0 Å². The maximum absolute atomic E-state index is 12.9. The molecule has 3 aliphatic rings. The Kier molecular flexibility index (Phi) is 8.15. The summed E-state index contributed by atoms with van der Waals surface area (Å²) in [4.78, 5) is 14.0. The number of piperazine rings is 1. The molecule has 1 N–H and O–H groups in total. The van der Waals surface area contributed by atoms with Gasteiger partial charge in [-0.05, 0) is 38.1 Å². The van der Waals surface area contributed by atoms with Gasteiger partial charge in [-0.3, -0.25) is 4.79 Å². The summed E-state index contributed by atoms with van der Waals surface area (Å²) in [7, 11) is -1.70. The smallest absolute Gasteiger partial charge is 0.282 e. The highest BCUT2D eigenvalue weighted by Gasteiger charge is 2.35. The fourth-order valence-electron chi connectivity index (χ4n) is 3.80. The van der Waals surface area contributed by atoms with Gasteiger partial charge in [-0.1, -0.05) is 19.3 Å². The summed E-state index contributed by atoms with van der Waals surface area (Å²) in [5, 5.41) is 3.22. The second-order valence-corrected chi connectivity index (χ2v) is 9.66. The van der Waals surface area contributed by atoms with Crippen molar-refractivity contribution in [2.45, 2.75) is 51.0 Å². The molecule has 2 saturated carbocycles. The van der Waals surface area contributed by atoms with E-state index in [1.165, 1.54) is 19.3 Å². The summed E-state index contributed by atoms with van der Waals surface area (Å²) in [6.45, 7) is 3.06. The van der Waals surface area contributed by atoms with Crippen molar-refractivity contribution >= 4 is 28.5 Å². The zero-order valence-corrected chi connectivity index (χ0v) is 17.4. The van der Waals surface area contributed by atoms with Crippen molar-refractivity contribution < 1.29 is 13.2 Å². The van der Waals surface area contributed by atoms with Gasteiger partial charge in [0, 0.05) is 39.3 Å². The van der Waals surface area contributed by atoms with E-state index in [9.17, 15) is 13.2 Å². The van der Waals surface area contributed by atoms with Crippen LogP contribution in [0.5, 0.6) is 0 Å². The van der Waals surface area contributed by atoms with Gasteiger partial charge >= 0.3 is 0 Å². The molecule has 3 rings (SSSR count). The van der Waals surface area contributed by atoms with Crippen molar-refractivity contribution in [2.24, 2.45) is 5.92 Å². The lowest BCUT2D eigenvalue weighted by Crippen LogP contribution is -2.56. The molecule has 2 aliphatic carbocycles. The number of rotatable bonds is 7. The third kappa shape index (κ3) is 5.55. The molecule has 3 fully saturated rings. The van der Waals surface area contributed by atoms with Crippen LogP contribution in [0.4, 0.5) is 0 Å². The van der Waals surface area contributed by atoms with Crippen LogP contribution < -0.4 is 5.32 Å². The summed E-state index contributed by atoms with van der Waals surface area (Å²) in [6.07, 6.45) is 7.89. The molecule has 0 atom stereocenters. The average molecular weight is 409 g/mol. The first-order valence-electron chi connectivity index (χ1n) is 9.70. The van der Waals surface area contributed by atoms with Crippen LogP contribution in [0.3, 0.4) is 0 Å². The van der Waals surface area contributed by atoms with Crippen LogP contribution in [0.25, 0.3) is 0 Å². The number of hydrogen-bond donors (Lipinski definition) is 1. The maximum Gasteiger partial charge on any atom is 0.282 e. The Morgan fingerprint density at radius 2 is 1.65 bits per heavy atom. The standard InChI is InChI=1S/C17H32N4O3S.ClH/c1-19(16-5-3-2-4-6-16)25(23,24)21-11-9-20(10-12-21)17(22)14-18-13-15-7-8-15;/h15-16,18H,2-14H2,1H3;1H. The molecule has 0 spiro atoms. The highest BCUT2D eigenvalue weighted by Crippen LogP contribution is 2.27. The zero-order valence-electron chi connectivity index (χ0n) is 15.7. The zero-order chi connectivity index (χ0) is 17.9. The molecule has 0 bridgehead atoms. The third-order valence-electron chi connectivity index (χ3n) is 5.78. The largest absolute Gasteiger partial charge is 0.339 e. The second kappa shape index (κ2) is 9.68. The van der Waals surface area contributed by atoms with E-state index in [2.05, 4.69) is 5.32 Å². The van der Waals surface area contributed by atoms with Gasteiger partial charge in [0.2, 0.25) is 5.91 Å². The lowest BCUT2D eigenvalue weighted by Gasteiger charge is -2.38. The molecular weight excluding hydrogens is 376 g/mol. The molecule has 0 radical (unpaired) electrons. The van der Waals surface area contributed by atoms with Gasteiger partial charge in [0.05, 0.1) is 6.54 Å². The maximum atomic E-state index is 12.9. The molecule has 1 heterocycles. The lowest BCUT2D eigenvalue weighted by molar-refractivity contribution is -0.131. The Morgan fingerprint density at radius 1 is 1.04 bits per heavy atom. The molecule has 0 aromatic rings. The summed E-state index contributed by atoms with van der Waals surface area (Å²) >= 11 is 0. The van der Waals surface area contributed by atoms with Gasteiger partial charge in [-0.15, -0.1) is 12.4 Å². The number of hydrogen-bond acceptors (Lipinski definition) is 4. The van der Waals surface area contributed by atoms with Crippen molar-refractivity contribution in [3.63, 3.8) is 0 Å². The molecule has 26 heavy (non-hydrogen) atoms. The number of amides is 1. The van der Waals surface area contributed by atoms with Crippen LogP contribution in [0.2, 0.25) is 0 Å². The fraction of sp³-hybridized carbons (Fsp3) is 0.941. The molecule has 1 aliphatic heterocycles. The topological polar surface area (TPSA) is 73.0 Å². The Balaban J connectivity index is 0.00000243. The highest BCUT2D eigenvalue weighted by molar-refractivity contribution is 7.86. The minimum atomic E-state index is -3.42. The monoisotopic (exact) mass is 408 g/mol. The van der Waals surface area contributed by atoms with E-state index in [0.29, 0.717) is 32.7 Å². The van der Waals surface area contributed by atoms with Gasteiger partial charge < -0.3 is 10.2 Å². The molecular formula is C17H33ClN4O3S. The van der Waals surface area contributed by atoms with Crippen molar-refractivity contribution in [1.82, 2.24) is 18.8 Å². The Morgan fingerprint density at radius 3 is 2.23 bits per heavy atom. The van der Waals surface area contributed by atoms with Crippen LogP contribution >= 0.6 is 12.4 Å². The van der Waals surface area contributed by atoms with Crippen LogP contribution in [-0.2, 0) is 15.0 Å². The van der Waals surface area contributed by atoms with Gasteiger partial charge in [0.25, 0.3) is 10.2 Å². The highest BCUT2D eigenvalue weighted by atomic mass is 35.5. The summed E-state index contributed by atoms with van der Waals surface area (Å²) in [5.74, 6) is 0.837. The summed E-state index contributed by atoms with van der Waals surface area (Å²) < 4.78 is 28.8. The predicted octanol–water partition coefficient (Wildman–Crippen LogP) is 1.06. The molecule has 152 valence electrons. The van der Waals surface area contributed by atoms with Crippen LogP contribution in [-0.4, -0.2) is 80.2 Å². The van der Waals surface area contributed by atoms with Gasteiger partial charge in [0.1, 0.15) is 0 Å². The number of nitrogens with zero attached hydrogens (tertiary/aromatic N) is 3. The van der Waals surface area contributed by atoms with E-state index in [0.717, 1.165) is 38.1 Å². The second-order valence-electron chi connectivity index (χ2n) is 7.67. The molecule has 9 heteroatoms. The predicted molar refractivity (Wildman–Crippen MR) is 105 cm³/mol. The lowest BCUT2D eigenvalue weighted by atomic mass is 9.96. The molecule has 7 nitrogen and oxygen atoms in total. The number of carbonyl (C=O) groups is 1. The Hall–Kier alpha value is -0.410. The van der Waals surface area contributed by atoms with Crippen molar-refractivity contribution in [1.29, 1.82) is 0 Å². The van der Waals surface area contributed by atoms with Crippen molar-refractivity contribution in [3.05, 3.63) is 0 Å². The van der Waals surface area contributed by atoms with E-state index in [4.69, 9.17) is 0 Å². The Bertz CT molecular complexity index is 556. The molecule has 0 unspecified atom stereocenters. The van der Waals surface area contributed by atoms with Crippen LogP contribution in [0, 0.1) is 5.92 Å². The first-order chi connectivity index (χ1) is 12.0. The molecule has 1 amide bonds. The van der Waals surface area contributed by atoms with Crippen molar-refractivity contribution in [2.75, 3.05) is 46.3 Å². The first kappa shape index (κ1) is 21.9. The van der Waals surface area contributed by atoms with Crippen LogP contribution in [0.1, 0.15) is 44.9 Å². The summed E-state index contributed by atoms with van der Waals surface area (Å²) in [5.41, 5.74) is 0. The quantitative estimate of drug-likeness (QED) is 0.683. The minimum Gasteiger partial charge on any atom is -0.339 e. The third-order valence-corrected chi connectivity index (χ3v) is 7.82. The van der Waals surface area contributed by atoms with E-state index >= 15 is 0 Å². The van der Waals surface area contributed by atoms with E-state index in [-0.39, 0.29) is 24.4 Å².